The Morgan fingerprint density at radius 3 is 2.70 bits per heavy atom. The molecule has 0 bridgehead atoms. The second-order valence-electron chi connectivity index (χ2n) is 6.17. The smallest absolute Gasteiger partial charge is 0.225 e. The Morgan fingerprint density at radius 1 is 1.35 bits per heavy atom. The molecule has 1 aromatic rings. The lowest BCUT2D eigenvalue weighted by atomic mass is 9.74. The van der Waals surface area contributed by atoms with E-state index >= 15 is 0 Å². The number of ether oxygens (including phenoxy) is 2. The summed E-state index contributed by atoms with van der Waals surface area (Å²) in [5.41, 5.74) is 6.77. The molecule has 0 radical (unpaired) electrons. The number of hydrogen-bond acceptors (Lipinski definition) is 4. The van der Waals surface area contributed by atoms with Crippen molar-refractivity contribution < 1.29 is 14.3 Å². The van der Waals surface area contributed by atoms with Gasteiger partial charge in [0.15, 0.2) is 11.5 Å². The summed E-state index contributed by atoms with van der Waals surface area (Å²) in [6.07, 6.45) is 3.91. The van der Waals surface area contributed by atoms with Crippen molar-refractivity contribution in [2.45, 2.75) is 44.7 Å². The van der Waals surface area contributed by atoms with Gasteiger partial charge in [0.25, 0.3) is 0 Å². The highest BCUT2D eigenvalue weighted by Crippen LogP contribution is 2.33. The third-order valence-electron chi connectivity index (χ3n) is 4.51. The van der Waals surface area contributed by atoms with Crippen molar-refractivity contribution in [3.8, 4) is 11.5 Å². The Balaban J connectivity index is 0.00000264. The fourth-order valence-electron chi connectivity index (χ4n) is 3.19. The predicted molar refractivity (Wildman–Crippen MR) is 93.2 cm³/mol. The Labute approximate surface area is 144 Å². The number of benzene rings is 1. The van der Waals surface area contributed by atoms with Gasteiger partial charge in [-0.15, -0.1) is 12.4 Å². The number of rotatable bonds is 5. The number of methoxy groups -OCH3 is 2. The van der Waals surface area contributed by atoms with Gasteiger partial charge in [-0.2, -0.15) is 0 Å². The highest BCUT2D eigenvalue weighted by atomic mass is 35.5. The van der Waals surface area contributed by atoms with Crippen LogP contribution in [0.1, 0.15) is 38.2 Å². The van der Waals surface area contributed by atoms with E-state index in [-0.39, 0.29) is 24.2 Å². The second-order valence-corrected chi connectivity index (χ2v) is 6.17. The van der Waals surface area contributed by atoms with Crippen LogP contribution >= 0.6 is 12.4 Å². The first-order chi connectivity index (χ1) is 10.5. The molecule has 0 aliphatic heterocycles. The quantitative estimate of drug-likeness (QED) is 0.862. The van der Waals surface area contributed by atoms with Gasteiger partial charge in [0, 0.05) is 17.6 Å². The van der Waals surface area contributed by atoms with Crippen LogP contribution in [0.5, 0.6) is 11.5 Å². The van der Waals surface area contributed by atoms with Gasteiger partial charge in [-0.1, -0.05) is 25.0 Å². The van der Waals surface area contributed by atoms with Crippen LogP contribution in [0.3, 0.4) is 0 Å². The van der Waals surface area contributed by atoms with Crippen LogP contribution in [-0.2, 0) is 11.3 Å². The zero-order chi connectivity index (χ0) is 16.2. The highest BCUT2D eigenvalue weighted by molar-refractivity contribution is 5.85. The number of nitrogens with two attached hydrogens (primary N) is 1. The summed E-state index contributed by atoms with van der Waals surface area (Å²) in [4.78, 5) is 12.5. The lowest BCUT2D eigenvalue weighted by Gasteiger charge is -2.37. The monoisotopic (exact) mass is 342 g/mol. The van der Waals surface area contributed by atoms with Gasteiger partial charge < -0.3 is 20.5 Å². The normalized spacial score (nSPS) is 23.6. The summed E-state index contributed by atoms with van der Waals surface area (Å²) < 4.78 is 10.7. The van der Waals surface area contributed by atoms with E-state index in [9.17, 15) is 4.79 Å². The number of carbonyl (C=O) groups excluding carboxylic acids is 1. The van der Waals surface area contributed by atoms with Crippen LogP contribution in [-0.4, -0.2) is 25.7 Å². The zero-order valence-electron chi connectivity index (χ0n) is 14.1. The number of hydrogen-bond donors (Lipinski definition) is 2. The lowest BCUT2D eigenvalue weighted by molar-refractivity contribution is -0.128. The van der Waals surface area contributed by atoms with E-state index in [1.54, 1.807) is 14.2 Å². The van der Waals surface area contributed by atoms with Crippen LogP contribution in [0.2, 0.25) is 0 Å². The van der Waals surface area contributed by atoms with Gasteiger partial charge in [-0.3, -0.25) is 4.79 Å². The number of para-hydroxylation sites is 1. The summed E-state index contributed by atoms with van der Waals surface area (Å²) in [5.74, 6) is 1.22. The molecule has 1 fully saturated rings. The molecule has 3 N–H and O–H groups in total. The number of amides is 1. The fourth-order valence-corrected chi connectivity index (χ4v) is 3.19. The maximum Gasteiger partial charge on any atom is 0.225 e. The van der Waals surface area contributed by atoms with Gasteiger partial charge in [-0.25, -0.2) is 0 Å². The Kier molecular flexibility index (Phi) is 7.16. The minimum absolute atomic E-state index is 0. The van der Waals surface area contributed by atoms with E-state index in [1.807, 2.05) is 25.1 Å². The SMILES string of the molecule is COc1cccc(CNC(=O)C2CCCCC2(C)N)c1OC.Cl. The number of nitrogens with one attached hydrogen (secondary N) is 1. The predicted octanol–water partition coefficient (Wildman–Crippen LogP) is 2.65. The molecule has 23 heavy (non-hydrogen) atoms. The summed E-state index contributed by atoms with van der Waals surface area (Å²) in [6, 6.07) is 5.64. The molecule has 1 aliphatic rings. The lowest BCUT2D eigenvalue weighted by Crippen LogP contribution is -2.52. The highest BCUT2D eigenvalue weighted by Gasteiger charge is 2.37. The molecule has 2 unspecified atom stereocenters. The third kappa shape index (κ3) is 4.52. The van der Waals surface area contributed by atoms with Crippen LogP contribution in [0.25, 0.3) is 0 Å². The van der Waals surface area contributed by atoms with Crippen LogP contribution in [0, 0.1) is 5.92 Å². The number of carbonyl (C=O) groups is 1. The first kappa shape index (κ1) is 19.6. The van der Waals surface area contributed by atoms with Crippen molar-refractivity contribution in [2.24, 2.45) is 11.7 Å². The van der Waals surface area contributed by atoms with Crippen molar-refractivity contribution >= 4 is 18.3 Å². The minimum atomic E-state index is -0.416. The molecule has 0 spiro atoms. The molecule has 1 aromatic carbocycles. The molecular formula is C17H27ClN2O3. The Bertz CT molecular complexity index is 535. The van der Waals surface area contributed by atoms with Crippen LogP contribution in [0.4, 0.5) is 0 Å². The minimum Gasteiger partial charge on any atom is -0.493 e. The maximum absolute atomic E-state index is 12.5. The summed E-state index contributed by atoms with van der Waals surface area (Å²) in [7, 11) is 3.20. The molecule has 2 rings (SSSR count). The molecule has 6 heteroatoms. The van der Waals surface area contributed by atoms with Gasteiger partial charge >= 0.3 is 0 Å². The molecule has 2 atom stereocenters. The molecule has 1 aliphatic carbocycles. The second kappa shape index (κ2) is 8.41. The van der Waals surface area contributed by atoms with E-state index in [1.165, 1.54) is 0 Å². The van der Waals surface area contributed by atoms with Gasteiger partial charge in [0.1, 0.15) is 0 Å². The average molecular weight is 343 g/mol. The van der Waals surface area contributed by atoms with E-state index in [2.05, 4.69) is 5.32 Å². The average Bonchev–Trinajstić information content (AvgIpc) is 2.51. The topological polar surface area (TPSA) is 73.6 Å². The van der Waals surface area contributed by atoms with Crippen molar-refractivity contribution in [3.63, 3.8) is 0 Å². The number of halogens is 1. The van der Waals surface area contributed by atoms with Crippen molar-refractivity contribution in [3.05, 3.63) is 23.8 Å². The Hall–Kier alpha value is -1.46. The van der Waals surface area contributed by atoms with Crippen LogP contribution < -0.4 is 20.5 Å². The third-order valence-corrected chi connectivity index (χ3v) is 4.51. The molecule has 1 amide bonds. The molecule has 1 saturated carbocycles. The largest absolute Gasteiger partial charge is 0.493 e. The maximum atomic E-state index is 12.5. The first-order valence-corrected chi connectivity index (χ1v) is 7.76. The van der Waals surface area contributed by atoms with Gasteiger partial charge in [0.2, 0.25) is 5.91 Å². The van der Waals surface area contributed by atoms with E-state index in [0.717, 1.165) is 31.2 Å². The molecule has 0 saturated heterocycles. The van der Waals surface area contributed by atoms with E-state index in [4.69, 9.17) is 15.2 Å². The molecule has 5 nitrogen and oxygen atoms in total. The molecule has 130 valence electrons. The first-order valence-electron chi connectivity index (χ1n) is 7.76. The molecule has 0 aromatic heterocycles. The van der Waals surface area contributed by atoms with E-state index < -0.39 is 5.54 Å². The van der Waals surface area contributed by atoms with Crippen molar-refractivity contribution in [1.29, 1.82) is 0 Å². The summed E-state index contributed by atoms with van der Waals surface area (Å²) in [5, 5.41) is 3.00. The van der Waals surface area contributed by atoms with Crippen molar-refractivity contribution in [2.75, 3.05) is 14.2 Å². The van der Waals surface area contributed by atoms with Gasteiger partial charge in [0.05, 0.1) is 20.1 Å². The zero-order valence-corrected chi connectivity index (χ0v) is 14.9. The molecule has 0 heterocycles. The summed E-state index contributed by atoms with van der Waals surface area (Å²) in [6.45, 7) is 2.38. The Morgan fingerprint density at radius 2 is 2.09 bits per heavy atom. The van der Waals surface area contributed by atoms with Gasteiger partial charge in [-0.05, 0) is 25.8 Å². The van der Waals surface area contributed by atoms with Crippen molar-refractivity contribution in [1.82, 2.24) is 5.32 Å². The molecular weight excluding hydrogens is 316 g/mol. The van der Waals surface area contributed by atoms with E-state index in [0.29, 0.717) is 18.0 Å². The van der Waals surface area contributed by atoms with Crippen LogP contribution in [0.15, 0.2) is 18.2 Å². The fraction of sp³-hybridized carbons (Fsp3) is 0.588. The standard InChI is InChI=1S/C17H26N2O3.ClH/c1-17(18)10-5-4-8-13(17)16(20)19-11-12-7-6-9-14(21-2)15(12)22-3;/h6-7,9,13H,4-5,8,10-11,18H2,1-3H3,(H,19,20);1H. The summed E-state index contributed by atoms with van der Waals surface area (Å²) >= 11 is 0.